The van der Waals surface area contributed by atoms with Crippen LogP contribution >= 0.6 is 0 Å². The highest BCUT2D eigenvalue weighted by molar-refractivity contribution is 6.21. The van der Waals surface area contributed by atoms with E-state index < -0.39 is 11.1 Å². The van der Waals surface area contributed by atoms with Gasteiger partial charge in [-0.3, -0.25) is 19.3 Å². The van der Waals surface area contributed by atoms with E-state index >= 15 is 0 Å². The normalized spacial score (nSPS) is 22.6. The smallest absolute Gasteiger partial charge is 0.261 e. The van der Waals surface area contributed by atoms with Crippen LogP contribution in [0.4, 0.5) is 0 Å². The third-order valence-electron chi connectivity index (χ3n) is 5.30. The Morgan fingerprint density at radius 2 is 1.67 bits per heavy atom. The molecule has 2 N–H and O–H groups in total. The molecule has 27 heavy (non-hydrogen) atoms. The molecule has 1 aromatic carbocycles. The number of nitrogens with one attached hydrogen (secondary N) is 2. The van der Waals surface area contributed by atoms with E-state index in [9.17, 15) is 19.6 Å². The molecule has 0 radical (unpaired) electrons. The minimum atomic E-state index is -0.823. The Hall–Kier alpha value is -2.51. The molecule has 2 aliphatic heterocycles. The summed E-state index contributed by atoms with van der Waals surface area (Å²) in [5, 5.41) is 15.3. The second-order valence-electron chi connectivity index (χ2n) is 8.15. The van der Waals surface area contributed by atoms with E-state index in [-0.39, 0.29) is 29.3 Å². The number of benzene rings is 1. The van der Waals surface area contributed by atoms with E-state index in [1.54, 1.807) is 58.0 Å². The molecular formula is C20H25N3O4. The van der Waals surface area contributed by atoms with Gasteiger partial charge in [0.05, 0.1) is 16.7 Å². The van der Waals surface area contributed by atoms with Gasteiger partial charge < -0.3 is 15.6 Å². The van der Waals surface area contributed by atoms with Gasteiger partial charge in [0.25, 0.3) is 17.7 Å². The molecule has 1 aromatic rings. The third-order valence-corrected chi connectivity index (χ3v) is 5.30. The Kier molecular flexibility index (Phi) is 4.69. The number of amides is 3. The molecule has 7 nitrogen and oxygen atoms in total. The average molecular weight is 371 g/mol. The monoisotopic (exact) mass is 371 g/mol. The first-order valence-electron chi connectivity index (χ1n) is 9.09. The Labute approximate surface area is 158 Å². The van der Waals surface area contributed by atoms with Crippen molar-refractivity contribution in [2.45, 2.75) is 45.2 Å². The van der Waals surface area contributed by atoms with Gasteiger partial charge in [-0.1, -0.05) is 12.1 Å². The number of rotatable bonds is 5. The van der Waals surface area contributed by atoms with Crippen molar-refractivity contribution in [1.29, 1.82) is 0 Å². The van der Waals surface area contributed by atoms with Crippen LogP contribution in [-0.2, 0) is 4.79 Å². The quantitative estimate of drug-likeness (QED) is 0.452. The standard InChI is InChI=1S/C20H25N3O4/c1-19(2)12-15(20(3,4)23(19)27)16(24)21-10-7-11-22-17(25)13-8-5-6-9-14(13)18(22)26/h5-6,8-9,12,23H,7,10-11H2,1-4H3,(H,21,24). The van der Waals surface area contributed by atoms with E-state index in [2.05, 4.69) is 5.32 Å². The zero-order valence-electron chi connectivity index (χ0n) is 16.1. The van der Waals surface area contributed by atoms with Crippen LogP contribution in [0.3, 0.4) is 0 Å². The SMILES string of the molecule is CC1(C)C=C(C(=O)NCCCN2C(=O)c3ccccc3C2=O)C(C)(C)[NH+]1[O-]. The van der Waals surface area contributed by atoms with E-state index in [0.717, 1.165) is 0 Å². The van der Waals surface area contributed by atoms with Crippen molar-refractivity contribution in [2.24, 2.45) is 0 Å². The molecule has 0 spiro atoms. The van der Waals surface area contributed by atoms with Crippen molar-refractivity contribution in [2.75, 3.05) is 13.1 Å². The molecule has 2 heterocycles. The van der Waals surface area contributed by atoms with Gasteiger partial charge in [0.15, 0.2) is 0 Å². The lowest BCUT2D eigenvalue weighted by atomic mass is 9.96. The van der Waals surface area contributed by atoms with Crippen molar-refractivity contribution in [3.05, 3.63) is 52.2 Å². The van der Waals surface area contributed by atoms with Gasteiger partial charge in [-0.05, 0) is 52.3 Å². The van der Waals surface area contributed by atoms with Gasteiger partial charge in [0.1, 0.15) is 11.1 Å². The molecule has 0 aromatic heterocycles. The van der Waals surface area contributed by atoms with Crippen molar-refractivity contribution >= 4 is 17.7 Å². The maximum Gasteiger partial charge on any atom is 0.261 e. The highest BCUT2D eigenvalue weighted by atomic mass is 16.5. The number of nitrogens with zero attached hydrogens (tertiary/aromatic N) is 1. The summed E-state index contributed by atoms with van der Waals surface area (Å²) in [6.07, 6.45) is 2.18. The molecule has 0 saturated carbocycles. The summed E-state index contributed by atoms with van der Waals surface area (Å²) in [4.78, 5) is 38.3. The molecule has 0 saturated heterocycles. The van der Waals surface area contributed by atoms with Gasteiger partial charge >= 0.3 is 0 Å². The molecule has 2 aliphatic rings. The number of hydroxylamine groups is 2. The van der Waals surface area contributed by atoms with Crippen molar-refractivity contribution in [1.82, 2.24) is 10.2 Å². The van der Waals surface area contributed by atoms with Crippen molar-refractivity contribution in [3.8, 4) is 0 Å². The largest absolute Gasteiger partial charge is 0.633 e. The van der Waals surface area contributed by atoms with Gasteiger partial charge in [0, 0.05) is 13.1 Å². The van der Waals surface area contributed by atoms with Crippen LogP contribution in [0, 0.1) is 5.21 Å². The summed E-state index contributed by atoms with van der Waals surface area (Å²) in [6, 6.07) is 6.75. The van der Waals surface area contributed by atoms with Gasteiger partial charge in [0.2, 0.25) is 0 Å². The summed E-state index contributed by atoms with van der Waals surface area (Å²) in [5.74, 6) is -0.871. The molecule has 1 unspecified atom stereocenters. The van der Waals surface area contributed by atoms with Crippen LogP contribution in [0.25, 0.3) is 0 Å². The minimum Gasteiger partial charge on any atom is -0.633 e. The second kappa shape index (κ2) is 6.58. The van der Waals surface area contributed by atoms with E-state index in [4.69, 9.17) is 0 Å². The molecule has 0 aliphatic carbocycles. The van der Waals surface area contributed by atoms with Crippen LogP contribution in [-0.4, -0.2) is 46.8 Å². The van der Waals surface area contributed by atoms with Gasteiger partial charge in [-0.2, -0.15) is 0 Å². The highest BCUT2D eigenvalue weighted by Crippen LogP contribution is 2.25. The Morgan fingerprint density at radius 1 is 1.11 bits per heavy atom. The summed E-state index contributed by atoms with van der Waals surface area (Å²) >= 11 is 0. The lowest BCUT2D eigenvalue weighted by Crippen LogP contribution is -3.20. The fourth-order valence-corrected chi connectivity index (χ4v) is 3.86. The number of carbonyl (C=O) groups excluding carboxylic acids is 3. The molecular weight excluding hydrogens is 346 g/mol. The average Bonchev–Trinajstić information content (AvgIpc) is 2.96. The fraction of sp³-hybridized carbons (Fsp3) is 0.450. The van der Waals surface area contributed by atoms with Crippen molar-refractivity contribution < 1.29 is 19.4 Å². The topological polar surface area (TPSA) is 94.0 Å². The van der Waals surface area contributed by atoms with Crippen LogP contribution in [0.15, 0.2) is 35.9 Å². The predicted molar refractivity (Wildman–Crippen MR) is 100 cm³/mol. The maximum atomic E-state index is 12.5. The fourth-order valence-electron chi connectivity index (χ4n) is 3.86. The maximum absolute atomic E-state index is 12.5. The summed E-state index contributed by atoms with van der Waals surface area (Å²) < 4.78 is 0. The van der Waals surface area contributed by atoms with E-state index in [1.807, 2.05) is 0 Å². The molecule has 3 rings (SSSR count). The number of hydrogen-bond acceptors (Lipinski definition) is 4. The van der Waals surface area contributed by atoms with Crippen LogP contribution in [0.1, 0.15) is 54.8 Å². The first-order chi connectivity index (χ1) is 12.6. The van der Waals surface area contributed by atoms with E-state index in [1.165, 1.54) is 4.90 Å². The number of hydrogen-bond donors (Lipinski definition) is 2. The third kappa shape index (κ3) is 3.17. The molecule has 0 fully saturated rings. The molecule has 7 heteroatoms. The number of imide groups is 1. The summed E-state index contributed by atoms with van der Waals surface area (Å²) in [5.41, 5.74) is -0.166. The zero-order chi connectivity index (χ0) is 20.0. The van der Waals surface area contributed by atoms with Gasteiger partial charge in [-0.15, -0.1) is 0 Å². The van der Waals surface area contributed by atoms with Crippen LogP contribution in [0.5, 0.6) is 0 Å². The van der Waals surface area contributed by atoms with Gasteiger partial charge in [-0.25, -0.2) is 0 Å². The first-order valence-corrected chi connectivity index (χ1v) is 9.09. The molecule has 3 amide bonds. The molecule has 144 valence electrons. The second-order valence-corrected chi connectivity index (χ2v) is 8.15. The first kappa shape index (κ1) is 19.3. The predicted octanol–water partition coefficient (Wildman–Crippen LogP) is 0.669. The Morgan fingerprint density at radius 3 is 2.15 bits per heavy atom. The molecule has 1 atom stereocenters. The van der Waals surface area contributed by atoms with Crippen molar-refractivity contribution in [3.63, 3.8) is 0 Å². The lowest BCUT2D eigenvalue weighted by molar-refractivity contribution is -0.927. The van der Waals surface area contributed by atoms with Crippen LogP contribution in [0.2, 0.25) is 0 Å². The lowest BCUT2D eigenvalue weighted by Gasteiger charge is -2.41. The summed E-state index contributed by atoms with van der Waals surface area (Å²) in [6.45, 7) is 7.68. The minimum absolute atomic E-state index is 0.0196. The highest BCUT2D eigenvalue weighted by Gasteiger charge is 2.48. The number of carbonyl (C=O) groups is 3. The van der Waals surface area contributed by atoms with Crippen LogP contribution < -0.4 is 10.4 Å². The van der Waals surface area contributed by atoms with E-state index in [0.29, 0.717) is 29.7 Å². The molecule has 0 bridgehead atoms. The summed E-state index contributed by atoms with van der Waals surface area (Å²) in [7, 11) is 0. The Bertz CT molecular complexity index is 806. The zero-order valence-corrected chi connectivity index (χ0v) is 16.1. The Balaban J connectivity index is 1.55. The number of fused-ring (bicyclic) bond motifs is 1. The number of quaternary nitrogens is 1.